The molecule has 1 heteroatoms. The van der Waals surface area contributed by atoms with Crippen LogP contribution in [-0.2, 0) is 4.79 Å². The first-order chi connectivity index (χ1) is 5.27. The van der Waals surface area contributed by atoms with E-state index in [1.165, 1.54) is 5.57 Å². The Bertz CT molecular complexity index is 201. The van der Waals surface area contributed by atoms with Crippen LogP contribution in [0.5, 0.6) is 0 Å². The van der Waals surface area contributed by atoms with Gasteiger partial charge in [-0.05, 0) is 24.8 Å². The molecule has 0 aliphatic heterocycles. The van der Waals surface area contributed by atoms with Crippen LogP contribution in [0.2, 0.25) is 0 Å². The molecule has 0 bridgehead atoms. The second-order valence-electron chi connectivity index (χ2n) is 2.97. The number of hydrogen-bond donors (Lipinski definition) is 0. The second kappa shape index (κ2) is 3.51. The van der Waals surface area contributed by atoms with Gasteiger partial charge in [0.15, 0.2) is 0 Å². The standard InChI is InChI=1S/C10H14O/c1-3-8(4-2)9-5-6-10(11)7-9/h3-4,9H,1,5-7H2,2H3. The zero-order chi connectivity index (χ0) is 8.27. The number of rotatable bonds is 2. The molecule has 0 aromatic carbocycles. The van der Waals surface area contributed by atoms with Crippen LogP contribution in [0.4, 0.5) is 0 Å². The van der Waals surface area contributed by atoms with E-state index in [4.69, 9.17) is 0 Å². The van der Waals surface area contributed by atoms with Crippen LogP contribution in [0.15, 0.2) is 24.3 Å². The van der Waals surface area contributed by atoms with E-state index in [2.05, 4.69) is 12.7 Å². The lowest BCUT2D eigenvalue weighted by Crippen LogP contribution is -1.96. The van der Waals surface area contributed by atoms with Gasteiger partial charge in [-0.1, -0.05) is 18.7 Å². The highest BCUT2D eigenvalue weighted by Gasteiger charge is 2.23. The van der Waals surface area contributed by atoms with Gasteiger partial charge in [-0.15, -0.1) is 0 Å². The molecular weight excluding hydrogens is 136 g/mol. The number of hydrogen-bond acceptors (Lipinski definition) is 1. The number of allylic oxidation sites excluding steroid dienone is 3. The van der Waals surface area contributed by atoms with Crippen LogP contribution in [-0.4, -0.2) is 5.78 Å². The molecule has 0 N–H and O–H groups in total. The Morgan fingerprint density at radius 1 is 1.73 bits per heavy atom. The fraction of sp³-hybridized carbons (Fsp3) is 0.500. The Morgan fingerprint density at radius 3 is 2.82 bits per heavy atom. The van der Waals surface area contributed by atoms with Crippen LogP contribution in [0, 0.1) is 5.92 Å². The fourth-order valence-corrected chi connectivity index (χ4v) is 1.62. The molecule has 1 saturated carbocycles. The smallest absolute Gasteiger partial charge is 0.133 e. The molecule has 1 rings (SSSR count). The third kappa shape index (κ3) is 1.79. The molecule has 0 aromatic heterocycles. The van der Waals surface area contributed by atoms with Crippen LogP contribution in [0.25, 0.3) is 0 Å². The lowest BCUT2D eigenvalue weighted by Gasteiger charge is -2.07. The molecule has 11 heavy (non-hydrogen) atoms. The average Bonchev–Trinajstić information content (AvgIpc) is 2.39. The van der Waals surface area contributed by atoms with E-state index < -0.39 is 0 Å². The maximum Gasteiger partial charge on any atom is 0.133 e. The molecule has 0 spiro atoms. The number of ketones is 1. The Labute approximate surface area is 67.8 Å². The van der Waals surface area contributed by atoms with E-state index in [1.54, 1.807) is 0 Å². The van der Waals surface area contributed by atoms with Crippen molar-refractivity contribution >= 4 is 5.78 Å². The SMILES string of the molecule is C=CC(=CC)C1CCC(=O)C1. The molecule has 0 heterocycles. The first kappa shape index (κ1) is 8.25. The molecule has 0 saturated heterocycles. The number of Topliss-reactive ketones (excluding diaryl/α,β-unsaturated/α-hetero) is 1. The lowest BCUT2D eigenvalue weighted by molar-refractivity contribution is -0.117. The van der Waals surface area contributed by atoms with Crippen molar-refractivity contribution in [1.29, 1.82) is 0 Å². The first-order valence-corrected chi connectivity index (χ1v) is 4.08. The third-order valence-corrected chi connectivity index (χ3v) is 2.29. The Morgan fingerprint density at radius 2 is 2.45 bits per heavy atom. The normalized spacial score (nSPS) is 25.7. The molecule has 0 amide bonds. The Kier molecular flexibility index (Phi) is 2.64. The molecule has 60 valence electrons. The van der Waals surface area contributed by atoms with E-state index >= 15 is 0 Å². The van der Waals surface area contributed by atoms with Gasteiger partial charge in [0.05, 0.1) is 0 Å². The summed E-state index contributed by atoms with van der Waals surface area (Å²) in [6, 6.07) is 0. The Hall–Kier alpha value is -0.850. The summed E-state index contributed by atoms with van der Waals surface area (Å²) < 4.78 is 0. The highest BCUT2D eigenvalue weighted by atomic mass is 16.1. The van der Waals surface area contributed by atoms with Crippen molar-refractivity contribution in [3.05, 3.63) is 24.3 Å². The highest BCUT2D eigenvalue weighted by Crippen LogP contribution is 2.28. The van der Waals surface area contributed by atoms with Gasteiger partial charge in [-0.2, -0.15) is 0 Å². The summed E-state index contributed by atoms with van der Waals surface area (Å²) in [5.74, 6) is 0.862. The van der Waals surface area contributed by atoms with E-state index in [1.807, 2.05) is 13.0 Å². The van der Waals surface area contributed by atoms with Crippen LogP contribution < -0.4 is 0 Å². The van der Waals surface area contributed by atoms with Crippen LogP contribution in [0.3, 0.4) is 0 Å². The van der Waals surface area contributed by atoms with Crippen molar-refractivity contribution in [2.24, 2.45) is 5.92 Å². The molecule has 0 radical (unpaired) electrons. The monoisotopic (exact) mass is 150 g/mol. The summed E-state index contributed by atoms with van der Waals surface area (Å²) in [5, 5.41) is 0. The van der Waals surface area contributed by atoms with Crippen LogP contribution in [0.1, 0.15) is 26.2 Å². The fourth-order valence-electron chi connectivity index (χ4n) is 1.62. The van der Waals surface area contributed by atoms with Gasteiger partial charge >= 0.3 is 0 Å². The van der Waals surface area contributed by atoms with Crippen molar-refractivity contribution in [3.63, 3.8) is 0 Å². The molecule has 0 aromatic rings. The maximum atomic E-state index is 10.9. The second-order valence-corrected chi connectivity index (χ2v) is 2.97. The average molecular weight is 150 g/mol. The third-order valence-electron chi connectivity index (χ3n) is 2.29. The van der Waals surface area contributed by atoms with Crippen LogP contribution >= 0.6 is 0 Å². The zero-order valence-corrected chi connectivity index (χ0v) is 6.97. The minimum atomic E-state index is 0.399. The molecule has 1 atom stereocenters. The summed E-state index contributed by atoms with van der Waals surface area (Å²) in [5.41, 5.74) is 1.23. The lowest BCUT2D eigenvalue weighted by atomic mass is 9.97. The van der Waals surface area contributed by atoms with Crippen molar-refractivity contribution in [3.8, 4) is 0 Å². The van der Waals surface area contributed by atoms with Crippen molar-refractivity contribution in [1.82, 2.24) is 0 Å². The Balaban J connectivity index is 2.61. The van der Waals surface area contributed by atoms with Gasteiger partial charge in [0.1, 0.15) is 5.78 Å². The minimum Gasteiger partial charge on any atom is -0.300 e. The highest BCUT2D eigenvalue weighted by molar-refractivity contribution is 5.81. The van der Waals surface area contributed by atoms with Crippen molar-refractivity contribution in [2.45, 2.75) is 26.2 Å². The first-order valence-electron chi connectivity index (χ1n) is 4.08. The zero-order valence-electron chi connectivity index (χ0n) is 6.97. The quantitative estimate of drug-likeness (QED) is 0.553. The maximum absolute atomic E-state index is 10.9. The minimum absolute atomic E-state index is 0.399. The molecule has 1 fully saturated rings. The summed E-state index contributed by atoms with van der Waals surface area (Å²) in [6.07, 6.45) is 6.42. The summed E-state index contributed by atoms with van der Waals surface area (Å²) in [6.45, 7) is 5.72. The molecule has 1 unspecified atom stereocenters. The molecule has 1 aliphatic rings. The van der Waals surface area contributed by atoms with E-state index in [9.17, 15) is 4.79 Å². The van der Waals surface area contributed by atoms with Crippen molar-refractivity contribution < 1.29 is 4.79 Å². The van der Waals surface area contributed by atoms with Gasteiger partial charge in [0.2, 0.25) is 0 Å². The van der Waals surface area contributed by atoms with E-state index in [-0.39, 0.29) is 0 Å². The molecular formula is C10H14O. The van der Waals surface area contributed by atoms with Crippen molar-refractivity contribution in [2.75, 3.05) is 0 Å². The molecule has 1 nitrogen and oxygen atoms in total. The van der Waals surface area contributed by atoms with Gasteiger partial charge in [0.25, 0.3) is 0 Å². The van der Waals surface area contributed by atoms with Gasteiger partial charge in [-0.3, -0.25) is 4.79 Å². The van der Waals surface area contributed by atoms with E-state index in [0.29, 0.717) is 11.7 Å². The molecule has 1 aliphatic carbocycles. The number of carbonyl (C=O) groups excluding carboxylic acids is 1. The summed E-state index contributed by atoms with van der Waals surface area (Å²) in [7, 11) is 0. The largest absolute Gasteiger partial charge is 0.300 e. The van der Waals surface area contributed by atoms with Gasteiger partial charge < -0.3 is 0 Å². The van der Waals surface area contributed by atoms with Gasteiger partial charge in [0, 0.05) is 12.8 Å². The summed E-state index contributed by atoms with van der Waals surface area (Å²) in [4.78, 5) is 10.9. The van der Waals surface area contributed by atoms with Gasteiger partial charge in [-0.25, -0.2) is 0 Å². The van der Waals surface area contributed by atoms with E-state index in [0.717, 1.165) is 19.3 Å². The topological polar surface area (TPSA) is 17.1 Å². The number of carbonyl (C=O) groups is 1. The predicted octanol–water partition coefficient (Wildman–Crippen LogP) is 2.49. The predicted molar refractivity (Wildman–Crippen MR) is 46.3 cm³/mol. The summed E-state index contributed by atoms with van der Waals surface area (Å²) >= 11 is 0.